The quantitative estimate of drug-likeness (QED) is 0.714. The molecule has 0 atom stereocenters. The molecule has 0 aliphatic rings. The van der Waals surface area contributed by atoms with Crippen LogP contribution in [0.4, 0.5) is 11.6 Å². The molecule has 13 heavy (non-hydrogen) atoms. The van der Waals surface area contributed by atoms with Crippen LogP contribution in [-0.2, 0) is 0 Å². The van der Waals surface area contributed by atoms with Gasteiger partial charge in [0.15, 0.2) is 5.82 Å². The van der Waals surface area contributed by atoms with Crippen LogP contribution in [0.2, 0.25) is 0 Å². The third-order valence-electron chi connectivity index (χ3n) is 1.60. The minimum Gasteiger partial charge on any atom is -0.312 e. The van der Waals surface area contributed by atoms with Gasteiger partial charge in [-0.3, -0.25) is 0 Å². The molecule has 5 nitrogen and oxygen atoms in total. The van der Waals surface area contributed by atoms with Crippen LogP contribution < -0.4 is 4.90 Å². The number of nitrogens with zero attached hydrogens (tertiary/aromatic N) is 5. The van der Waals surface area contributed by atoms with E-state index in [9.17, 15) is 0 Å². The first kappa shape index (κ1) is 8.06. The predicted molar refractivity (Wildman–Crippen MR) is 50.0 cm³/mol. The molecule has 2 rings (SSSR count). The molecule has 0 aliphatic carbocycles. The molecule has 2 aromatic rings. The van der Waals surface area contributed by atoms with Gasteiger partial charge in [-0.1, -0.05) is 4.49 Å². The highest BCUT2D eigenvalue weighted by atomic mass is 32.1. The van der Waals surface area contributed by atoms with Crippen LogP contribution in [0.3, 0.4) is 0 Å². The molecule has 0 amide bonds. The van der Waals surface area contributed by atoms with E-state index in [1.807, 2.05) is 23.4 Å². The van der Waals surface area contributed by atoms with Crippen molar-refractivity contribution in [3.05, 3.63) is 24.0 Å². The Balaban J connectivity index is 2.29. The van der Waals surface area contributed by atoms with Gasteiger partial charge in [0.25, 0.3) is 0 Å². The van der Waals surface area contributed by atoms with Gasteiger partial charge in [0.2, 0.25) is 0 Å². The third-order valence-corrected chi connectivity index (χ3v) is 2.09. The lowest BCUT2D eigenvalue weighted by Crippen LogP contribution is -2.11. The van der Waals surface area contributed by atoms with Crippen molar-refractivity contribution in [3.8, 4) is 0 Å². The first-order valence-corrected chi connectivity index (χ1v) is 4.48. The number of rotatable bonds is 2. The van der Waals surface area contributed by atoms with Gasteiger partial charge < -0.3 is 4.90 Å². The zero-order valence-corrected chi connectivity index (χ0v) is 7.77. The maximum absolute atomic E-state index is 4.09. The summed E-state index contributed by atoms with van der Waals surface area (Å²) in [5.41, 5.74) is 0. The molecule has 0 N–H and O–H groups in total. The van der Waals surface area contributed by atoms with Crippen LogP contribution in [0.25, 0.3) is 0 Å². The van der Waals surface area contributed by atoms with Crippen molar-refractivity contribution in [2.45, 2.75) is 0 Å². The van der Waals surface area contributed by atoms with Crippen LogP contribution in [0.1, 0.15) is 0 Å². The summed E-state index contributed by atoms with van der Waals surface area (Å²) >= 11 is 1.32. The summed E-state index contributed by atoms with van der Waals surface area (Å²) in [7, 11) is 1.89. The smallest absolute Gasteiger partial charge is 0.169 e. The number of hydrogen-bond donors (Lipinski definition) is 0. The summed E-state index contributed by atoms with van der Waals surface area (Å²) < 4.78 is 3.78. The highest BCUT2D eigenvalue weighted by Gasteiger charge is 2.06. The minimum absolute atomic E-state index is 0.795. The van der Waals surface area contributed by atoms with Gasteiger partial charge in [-0.05, 0) is 17.6 Å². The summed E-state index contributed by atoms with van der Waals surface area (Å²) in [4.78, 5) is 9.78. The monoisotopic (exact) mass is 193 g/mol. The molecule has 2 heterocycles. The Labute approximate surface area is 79.2 Å². The molecule has 0 bridgehead atoms. The molecular weight excluding hydrogens is 186 g/mol. The lowest BCUT2D eigenvalue weighted by atomic mass is 10.5. The van der Waals surface area contributed by atoms with E-state index in [2.05, 4.69) is 19.6 Å². The molecule has 0 spiro atoms. The summed E-state index contributed by atoms with van der Waals surface area (Å²) in [6, 6.07) is 1.82. The van der Waals surface area contributed by atoms with Gasteiger partial charge in [-0.2, -0.15) is 0 Å². The number of anilines is 2. The van der Waals surface area contributed by atoms with E-state index in [4.69, 9.17) is 0 Å². The van der Waals surface area contributed by atoms with Gasteiger partial charge in [0, 0.05) is 13.2 Å². The Bertz CT molecular complexity index is 360. The van der Waals surface area contributed by atoms with E-state index in [0.29, 0.717) is 0 Å². The van der Waals surface area contributed by atoms with E-state index < -0.39 is 0 Å². The molecule has 0 radical (unpaired) electrons. The largest absolute Gasteiger partial charge is 0.312 e. The standard InChI is InChI=1S/C7H7N5S/c1-12(7-4-13-11-10-7)6-2-3-8-5-9-6/h2-5H,1H3. The van der Waals surface area contributed by atoms with Gasteiger partial charge in [0.1, 0.15) is 12.1 Å². The fourth-order valence-electron chi connectivity index (χ4n) is 0.905. The normalized spacial score (nSPS) is 9.92. The first-order chi connectivity index (χ1) is 6.38. The van der Waals surface area contributed by atoms with E-state index in [1.54, 1.807) is 6.20 Å². The summed E-state index contributed by atoms with van der Waals surface area (Å²) in [6.45, 7) is 0. The lowest BCUT2D eigenvalue weighted by molar-refractivity contribution is 1.02. The molecule has 0 fully saturated rings. The van der Waals surface area contributed by atoms with Crippen molar-refractivity contribution in [2.24, 2.45) is 0 Å². The molecule has 0 aliphatic heterocycles. The van der Waals surface area contributed by atoms with Crippen LogP contribution in [0, 0.1) is 0 Å². The second-order valence-electron chi connectivity index (χ2n) is 2.39. The average molecular weight is 193 g/mol. The molecule has 2 aromatic heterocycles. The van der Waals surface area contributed by atoms with Crippen molar-refractivity contribution in [2.75, 3.05) is 11.9 Å². The Kier molecular flexibility index (Phi) is 2.13. The fraction of sp³-hybridized carbons (Fsp3) is 0.143. The Morgan fingerprint density at radius 3 is 2.92 bits per heavy atom. The fourth-order valence-corrected chi connectivity index (χ4v) is 1.38. The van der Waals surface area contributed by atoms with Crippen LogP contribution in [-0.4, -0.2) is 26.6 Å². The Morgan fingerprint density at radius 2 is 2.31 bits per heavy atom. The molecule has 0 saturated heterocycles. The maximum atomic E-state index is 4.09. The zero-order valence-electron chi connectivity index (χ0n) is 6.95. The van der Waals surface area contributed by atoms with Crippen molar-refractivity contribution in [1.29, 1.82) is 0 Å². The predicted octanol–water partition coefficient (Wildman–Crippen LogP) is 1.10. The lowest BCUT2D eigenvalue weighted by Gasteiger charge is -2.12. The van der Waals surface area contributed by atoms with Gasteiger partial charge >= 0.3 is 0 Å². The van der Waals surface area contributed by atoms with Gasteiger partial charge in [0.05, 0.1) is 5.38 Å². The molecule has 66 valence electrons. The van der Waals surface area contributed by atoms with Crippen molar-refractivity contribution in [1.82, 2.24) is 19.6 Å². The Morgan fingerprint density at radius 1 is 1.38 bits per heavy atom. The van der Waals surface area contributed by atoms with Crippen LogP contribution in [0.5, 0.6) is 0 Å². The van der Waals surface area contributed by atoms with Crippen LogP contribution in [0.15, 0.2) is 24.0 Å². The SMILES string of the molecule is CN(c1ccncn1)c1csnn1. The maximum Gasteiger partial charge on any atom is 0.169 e. The van der Waals surface area contributed by atoms with E-state index in [1.165, 1.54) is 17.9 Å². The van der Waals surface area contributed by atoms with Crippen molar-refractivity contribution >= 4 is 23.2 Å². The van der Waals surface area contributed by atoms with Gasteiger partial charge in [-0.25, -0.2) is 9.97 Å². The molecule has 0 aromatic carbocycles. The highest BCUT2D eigenvalue weighted by Crippen LogP contribution is 2.18. The average Bonchev–Trinajstić information content (AvgIpc) is 2.71. The summed E-state index contributed by atoms with van der Waals surface area (Å²) in [5, 5.41) is 5.79. The third kappa shape index (κ3) is 1.62. The van der Waals surface area contributed by atoms with Gasteiger partial charge in [-0.15, -0.1) is 5.10 Å². The van der Waals surface area contributed by atoms with Crippen molar-refractivity contribution < 1.29 is 0 Å². The molecular formula is C7H7N5S. The highest BCUT2D eigenvalue weighted by molar-refractivity contribution is 7.03. The topological polar surface area (TPSA) is 54.8 Å². The Hall–Kier alpha value is -1.56. The second-order valence-corrected chi connectivity index (χ2v) is 3.00. The molecule has 0 unspecified atom stereocenters. The summed E-state index contributed by atoms with van der Waals surface area (Å²) in [5.74, 6) is 1.60. The minimum atomic E-state index is 0.795. The molecule has 6 heteroatoms. The molecule has 0 saturated carbocycles. The van der Waals surface area contributed by atoms with E-state index >= 15 is 0 Å². The first-order valence-electron chi connectivity index (χ1n) is 3.65. The van der Waals surface area contributed by atoms with Crippen LogP contribution >= 0.6 is 11.5 Å². The number of hydrogen-bond acceptors (Lipinski definition) is 6. The zero-order chi connectivity index (χ0) is 9.10. The van der Waals surface area contributed by atoms with E-state index in [-0.39, 0.29) is 0 Å². The van der Waals surface area contributed by atoms with E-state index in [0.717, 1.165) is 11.6 Å². The second kappa shape index (κ2) is 3.44. The van der Waals surface area contributed by atoms with Crippen molar-refractivity contribution in [3.63, 3.8) is 0 Å². The number of aromatic nitrogens is 4. The summed E-state index contributed by atoms with van der Waals surface area (Å²) in [6.07, 6.45) is 3.20.